The lowest BCUT2D eigenvalue weighted by atomic mass is 10.1. The predicted molar refractivity (Wildman–Crippen MR) is 60.3 cm³/mol. The molecule has 1 N–H and O–H groups in total. The number of aromatic hydroxyl groups is 1. The van der Waals surface area contributed by atoms with Crippen LogP contribution in [0.2, 0.25) is 0 Å². The van der Waals surface area contributed by atoms with Crippen molar-refractivity contribution in [2.45, 2.75) is 6.92 Å². The van der Waals surface area contributed by atoms with Crippen LogP contribution in [-0.2, 0) is 9.53 Å². The van der Waals surface area contributed by atoms with Gasteiger partial charge in [0, 0.05) is 11.6 Å². The van der Waals surface area contributed by atoms with Gasteiger partial charge in [0.15, 0.2) is 0 Å². The average molecular weight is 222 g/mol. The molecule has 1 aromatic carbocycles. The van der Waals surface area contributed by atoms with Crippen molar-refractivity contribution in [3.8, 4) is 11.5 Å². The Kier molecular flexibility index (Phi) is 4.39. The summed E-state index contributed by atoms with van der Waals surface area (Å²) in [5.74, 6) is 0.274. The number of benzene rings is 1. The van der Waals surface area contributed by atoms with E-state index in [1.807, 2.05) is 0 Å². The Hall–Kier alpha value is -1.97. The van der Waals surface area contributed by atoms with E-state index in [9.17, 15) is 9.90 Å². The summed E-state index contributed by atoms with van der Waals surface area (Å²) in [7, 11) is 1.52. The molecule has 0 spiro atoms. The monoisotopic (exact) mass is 222 g/mol. The van der Waals surface area contributed by atoms with Gasteiger partial charge in [0.05, 0.1) is 13.7 Å². The van der Waals surface area contributed by atoms with Crippen LogP contribution in [0.4, 0.5) is 0 Å². The molecular formula is C12H14O4. The molecule has 0 saturated heterocycles. The third kappa shape index (κ3) is 3.31. The first kappa shape index (κ1) is 12.1. The van der Waals surface area contributed by atoms with Gasteiger partial charge in [-0.05, 0) is 31.2 Å². The third-order valence-corrected chi connectivity index (χ3v) is 1.90. The molecule has 0 heterocycles. The van der Waals surface area contributed by atoms with Gasteiger partial charge >= 0.3 is 5.97 Å². The molecule has 1 aromatic rings. The Morgan fingerprint density at radius 2 is 2.25 bits per heavy atom. The number of hydrogen-bond acceptors (Lipinski definition) is 4. The van der Waals surface area contributed by atoms with Crippen molar-refractivity contribution in [1.82, 2.24) is 0 Å². The highest BCUT2D eigenvalue weighted by molar-refractivity contribution is 5.87. The van der Waals surface area contributed by atoms with Gasteiger partial charge in [0.25, 0.3) is 0 Å². The van der Waals surface area contributed by atoms with E-state index in [0.29, 0.717) is 17.9 Å². The summed E-state index contributed by atoms with van der Waals surface area (Å²) in [6.45, 7) is 2.07. The topological polar surface area (TPSA) is 55.8 Å². The van der Waals surface area contributed by atoms with Gasteiger partial charge in [-0.15, -0.1) is 0 Å². The van der Waals surface area contributed by atoms with Crippen LogP contribution in [0.3, 0.4) is 0 Å². The van der Waals surface area contributed by atoms with Crippen molar-refractivity contribution in [2.24, 2.45) is 0 Å². The lowest BCUT2D eigenvalue weighted by Gasteiger charge is -2.04. The van der Waals surface area contributed by atoms with Crippen molar-refractivity contribution >= 4 is 12.0 Å². The van der Waals surface area contributed by atoms with E-state index in [-0.39, 0.29) is 5.75 Å². The third-order valence-electron chi connectivity index (χ3n) is 1.90. The van der Waals surface area contributed by atoms with Gasteiger partial charge in [-0.2, -0.15) is 0 Å². The predicted octanol–water partition coefficient (Wildman–Crippen LogP) is 1.98. The van der Waals surface area contributed by atoms with E-state index in [1.54, 1.807) is 13.0 Å². The number of carbonyl (C=O) groups is 1. The number of esters is 1. The van der Waals surface area contributed by atoms with Crippen molar-refractivity contribution in [3.63, 3.8) is 0 Å². The van der Waals surface area contributed by atoms with E-state index >= 15 is 0 Å². The van der Waals surface area contributed by atoms with Gasteiger partial charge in [0.2, 0.25) is 0 Å². The summed E-state index contributed by atoms with van der Waals surface area (Å²) < 4.78 is 9.82. The molecule has 0 unspecified atom stereocenters. The number of rotatable bonds is 4. The van der Waals surface area contributed by atoms with E-state index in [0.717, 1.165) is 0 Å². The number of ether oxygens (including phenoxy) is 2. The Bertz CT molecular complexity index is 396. The summed E-state index contributed by atoms with van der Waals surface area (Å²) in [6.07, 6.45) is 2.83. The molecule has 16 heavy (non-hydrogen) atoms. The van der Waals surface area contributed by atoms with Crippen molar-refractivity contribution in [1.29, 1.82) is 0 Å². The largest absolute Gasteiger partial charge is 0.508 e. The standard InChI is InChI=1S/C12H14O4/c1-3-16-12(14)7-4-9-8-10(13)5-6-11(9)15-2/h4-8,13H,3H2,1-2H3. The molecule has 0 aliphatic rings. The average Bonchev–Trinajstić information content (AvgIpc) is 2.27. The molecule has 1 rings (SSSR count). The molecule has 0 aliphatic heterocycles. The summed E-state index contributed by atoms with van der Waals surface area (Å²) in [5.41, 5.74) is 0.621. The summed E-state index contributed by atoms with van der Waals surface area (Å²) in [4.78, 5) is 11.1. The normalized spacial score (nSPS) is 10.4. The first-order chi connectivity index (χ1) is 7.67. The molecule has 0 amide bonds. The highest BCUT2D eigenvalue weighted by Gasteiger charge is 2.01. The maximum atomic E-state index is 11.1. The van der Waals surface area contributed by atoms with Gasteiger partial charge in [-0.1, -0.05) is 0 Å². The number of phenols is 1. The smallest absolute Gasteiger partial charge is 0.330 e. The van der Waals surface area contributed by atoms with Crippen molar-refractivity contribution < 1.29 is 19.4 Å². The zero-order chi connectivity index (χ0) is 12.0. The number of hydrogen-bond donors (Lipinski definition) is 1. The zero-order valence-electron chi connectivity index (χ0n) is 9.27. The van der Waals surface area contributed by atoms with Crippen LogP contribution in [0.15, 0.2) is 24.3 Å². The maximum absolute atomic E-state index is 11.1. The highest BCUT2D eigenvalue weighted by atomic mass is 16.5. The second kappa shape index (κ2) is 5.80. The van der Waals surface area contributed by atoms with Crippen LogP contribution in [0.5, 0.6) is 11.5 Å². The SMILES string of the molecule is CCOC(=O)C=Cc1cc(O)ccc1OC. The second-order valence-corrected chi connectivity index (χ2v) is 3.01. The van der Waals surface area contributed by atoms with Gasteiger partial charge < -0.3 is 14.6 Å². The fourth-order valence-electron chi connectivity index (χ4n) is 1.20. The van der Waals surface area contributed by atoms with Crippen LogP contribution < -0.4 is 4.74 Å². The molecule has 4 heteroatoms. The van der Waals surface area contributed by atoms with E-state index in [2.05, 4.69) is 0 Å². The maximum Gasteiger partial charge on any atom is 0.330 e. The van der Waals surface area contributed by atoms with Crippen LogP contribution in [0, 0.1) is 0 Å². The lowest BCUT2D eigenvalue weighted by molar-refractivity contribution is -0.137. The summed E-state index contributed by atoms with van der Waals surface area (Å²) in [5, 5.41) is 9.30. The molecule has 0 atom stereocenters. The summed E-state index contributed by atoms with van der Waals surface area (Å²) >= 11 is 0. The van der Waals surface area contributed by atoms with E-state index in [4.69, 9.17) is 9.47 Å². The minimum Gasteiger partial charge on any atom is -0.508 e. The van der Waals surface area contributed by atoms with Gasteiger partial charge in [-0.25, -0.2) is 4.79 Å². The molecule has 86 valence electrons. The van der Waals surface area contributed by atoms with Crippen LogP contribution in [-0.4, -0.2) is 24.8 Å². The molecule has 0 aromatic heterocycles. The van der Waals surface area contributed by atoms with Gasteiger partial charge in [0.1, 0.15) is 11.5 Å². The second-order valence-electron chi connectivity index (χ2n) is 3.01. The van der Waals surface area contributed by atoms with Crippen molar-refractivity contribution in [2.75, 3.05) is 13.7 Å². The minimum atomic E-state index is -0.423. The lowest BCUT2D eigenvalue weighted by Crippen LogP contribution is -1.98. The van der Waals surface area contributed by atoms with Crippen molar-refractivity contribution in [3.05, 3.63) is 29.8 Å². The van der Waals surface area contributed by atoms with Crippen LogP contribution >= 0.6 is 0 Å². The first-order valence-electron chi connectivity index (χ1n) is 4.89. The zero-order valence-corrected chi connectivity index (χ0v) is 9.27. The fourth-order valence-corrected chi connectivity index (χ4v) is 1.20. The quantitative estimate of drug-likeness (QED) is 0.625. The van der Waals surface area contributed by atoms with E-state index in [1.165, 1.54) is 31.4 Å². The Balaban J connectivity index is 2.86. The van der Waals surface area contributed by atoms with E-state index < -0.39 is 5.97 Å². The Morgan fingerprint density at radius 3 is 2.88 bits per heavy atom. The number of carbonyl (C=O) groups excluding carboxylic acids is 1. The van der Waals surface area contributed by atoms with Gasteiger partial charge in [-0.3, -0.25) is 0 Å². The summed E-state index contributed by atoms with van der Waals surface area (Å²) in [6, 6.07) is 4.65. The molecule has 0 radical (unpaired) electrons. The molecule has 4 nitrogen and oxygen atoms in total. The Morgan fingerprint density at radius 1 is 1.50 bits per heavy atom. The molecule has 0 aliphatic carbocycles. The Labute approximate surface area is 94.1 Å². The highest BCUT2D eigenvalue weighted by Crippen LogP contribution is 2.24. The molecule has 0 saturated carbocycles. The fraction of sp³-hybridized carbons (Fsp3) is 0.250. The molecule has 0 bridgehead atoms. The first-order valence-corrected chi connectivity index (χ1v) is 4.89. The minimum absolute atomic E-state index is 0.115. The number of phenolic OH excluding ortho intramolecular Hbond substituents is 1. The van der Waals surface area contributed by atoms with Crippen LogP contribution in [0.25, 0.3) is 6.08 Å². The molecular weight excluding hydrogens is 208 g/mol. The number of methoxy groups -OCH3 is 1. The molecule has 0 fully saturated rings. The van der Waals surface area contributed by atoms with Crippen LogP contribution in [0.1, 0.15) is 12.5 Å².